The van der Waals surface area contributed by atoms with Crippen LogP contribution in [0.2, 0.25) is 0 Å². The van der Waals surface area contributed by atoms with Gasteiger partial charge in [-0.3, -0.25) is 0 Å². The predicted molar refractivity (Wildman–Crippen MR) is 75.8 cm³/mol. The monoisotopic (exact) mass is 283 g/mol. The summed E-state index contributed by atoms with van der Waals surface area (Å²) >= 11 is 0. The molecule has 1 fully saturated rings. The van der Waals surface area contributed by atoms with E-state index in [9.17, 15) is 13.5 Å². The number of hydrogen-bond donors (Lipinski definition) is 2. The fourth-order valence-corrected chi connectivity index (χ4v) is 4.12. The molecule has 0 saturated carbocycles. The molecule has 1 aromatic carbocycles. The standard InChI is InChI=1S/C14H21NO3S/c16-14(9-12-5-2-1-3-6-12)10-15-13-7-4-8-19(17,18)11-13/h1-3,5-6,13-16H,4,7-11H2. The van der Waals surface area contributed by atoms with E-state index >= 15 is 0 Å². The lowest BCUT2D eigenvalue weighted by atomic mass is 10.1. The number of aliphatic hydroxyl groups excluding tert-OH is 1. The highest BCUT2D eigenvalue weighted by Crippen LogP contribution is 2.12. The Bertz CT molecular complexity index is 487. The number of rotatable bonds is 5. The minimum Gasteiger partial charge on any atom is -0.391 e. The normalized spacial score (nSPS) is 23.9. The summed E-state index contributed by atoms with van der Waals surface area (Å²) < 4.78 is 23.0. The second-order valence-electron chi connectivity index (χ2n) is 5.21. The second-order valence-corrected chi connectivity index (χ2v) is 7.43. The van der Waals surface area contributed by atoms with Crippen LogP contribution in [-0.4, -0.2) is 43.7 Å². The number of aliphatic hydroxyl groups is 1. The zero-order chi connectivity index (χ0) is 13.7. The van der Waals surface area contributed by atoms with Gasteiger partial charge >= 0.3 is 0 Å². The molecular formula is C14H21NO3S. The molecule has 0 aliphatic carbocycles. The first-order chi connectivity index (χ1) is 9.05. The smallest absolute Gasteiger partial charge is 0.151 e. The van der Waals surface area contributed by atoms with Crippen LogP contribution in [0.3, 0.4) is 0 Å². The number of sulfone groups is 1. The van der Waals surface area contributed by atoms with Crippen LogP contribution < -0.4 is 5.32 Å². The molecule has 2 atom stereocenters. The van der Waals surface area contributed by atoms with Gasteiger partial charge < -0.3 is 10.4 Å². The molecule has 0 radical (unpaired) electrons. The van der Waals surface area contributed by atoms with E-state index in [0.29, 0.717) is 18.7 Å². The van der Waals surface area contributed by atoms with E-state index in [1.165, 1.54) is 0 Å². The van der Waals surface area contributed by atoms with Crippen molar-refractivity contribution in [1.29, 1.82) is 0 Å². The van der Waals surface area contributed by atoms with Gasteiger partial charge in [0.05, 0.1) is 17.6 Å². The van der Waals surface area contributed by atoms with E-state index < -0.39 is 15.9 Å². The molecule has 0 bridgehead atoms. The first kappa shape index (κ1) is 14.5. The molecule has 1 saturated heterocycles. The molecular weight excluding hydrogens is 262 g/mol. The van der Waals surface area contributed by atoms with Crippen molar-refractivity contribution in [2.75, 3.05) is 18.1 Å². The highest BCUT2D eigenvalue weighted by atomic mass is 32.2. The zero-order valence-electron chi connectivity index (χ0n) is 11.0. The van der Waals surface area contributed by atoms with Gasteiger partial charge in [-0.2, -0.15) is 0 Å². The van der Waals surface area contributed by atoms with Crippen LogP contribution >= 0.6 is 0 Å². The zero-order valence-corrected chi connectivity index (χ0v) is 11.8. The largest absolute Gasteiger partial charge is 0.391 e. The minimum atomic E-state index is -2.88. The summed E-state index contributed by atoms with van der Waals surface area (Å²) in [5, 5.41) is 13.1. The molecule has 1 aromatic rings. The molecule has 1 aliphatic rings. The Labute approximate surface area is 114 Å². The third-order valence-corrected chi connectivity index (χ3v) is 5.24. The van der Waals surface area contributed by atoms with Crippen molar-refractivity contribution in [1.82, 2.24) is 5.32 Å². The molecule has 0 spiro atoms. The summed E-state index contributed by atoms with van der Waals surface area (Å²) in [6.07, 6.45) is 1.70. The van der Waals surface area contributed by atoms with Crippen LogP contribution in [-0.2, 0) is 16.3 Å². The third kappa shape index (κ3) is 4.93. The lowest BCUT2D eigenvalue weighted by Gasteiger charge is -2.24. The van der Waals surface area contributed by atoms with Crippen LogP contribution in [0.15, 0.2) is 30.3 Å². The van der Waals surface area contributed by atoms with Crippen molar-refractivity contribution in [2.45, 2.75) is 31.4 Å². The van der Waals surface area contributed by atoms with Gasteiger partial charge in [-0.1, -0.05) is 30.3 Å². The van der Waals surface area contributed by atoms with Gasteiger partial charge in [-0.05, 0) is 24.8 Å². The van der Waals surface area contributed by atoms with Crippen molar-refractivity contribution in [2.24, 2.45) is 0 Å². The van der Waals surface area contributed by atoms with E-state index in [0.717, 1.165) is 18.4 Å². The van der Waals surface area contributed by atoms with Crippen LogP contribution in [0.1, 0.15) is 18.4 Å². The lowest BCUT2D eigenvalue weighted by molar-refractivity contribution is 0.167. The van der Waals surface area contributed by atoms with Crippen molar-refractivity contribution in [3.63, 3.8) is 0 Å². The van der Waals surface area contributed by atoms with E-state index in [1.54, 1.807) is 0 Å². The van der Waals surface area contributed by atoms with Crippen molar-refractivity contribution >= 4 is 9.84 Å². The van der Waals surface area contributed by atoms with Crippen molar-refractivity contribution in [3.8, 4) is 0 Å². The molecule has 0 amide bonds. The first-order valence-corrected chi connectivity index (χ1v) is 8.53. The van der Waals surface area contributed by atoms with Gasteiger partial charge in [-0.15, -0.1) is 0 Å². The average molecular weight is 283 g/mol. The van der Waals surface area contributed by atoms with E-state index in [4.69, 9.17) is 0 Å². The predicted octanol–water partition coefficient (Wildman–Crippen LogP) is 0.757. The molecule has 1 aliphatic heterocycles. The van der Waals surface area contributed by atoms with Crippen LogP contribution in [0.5, 0.6) is 0 Å². The number of hydrogen-bond acceptors (Lipinski definition) is 4. The summed E-state index contributed by atoms with van der Waals surface area (Å²) in [5.74, 6) is 0.503. The van der Waals surface area contributed by atoms with Crippen LogP contribution in [0, 0.1) is 0 Å². The third-order valence-electron chi connectivity index (χ3n) is 3.42. The maximum Gasteiger partial charge on any atom is 0.151 e. The molecule has 106 valence electrons. The fraction of sp³-hybridized carbons (Fsp3) is 0.571. The molecule has 0 aromatic heterocycles. The van der Waals surface area contributed by atoms with Gasteiger partial charge in [0.2, 0.25) is 0 Å². The Hall–Kier alpha value is -0.910. The molecule has 4 nitrogen and oxygen atoms in total. The van der Waals surface area contributed by atoms with E-state index in [2.05, 4.69) is 5.32 Å². The van der Waals surface area contributed by atoms with Gasteiger partial charge in [-0.25, -0.2) is 8.42 Å². The second kappa shape index (κ2) is 6.50. The molecule has 2 unspecified atom stereocenters. The quantitative estimate of drug-likeness (QED) is 0.837. The van der Waals surface area contributed by atoms with Gasteiger partial charge in [0.25, 0.3) is 0 Å². The lowest BCUT2D eigenvalue weighted by Crippen LogP contribution is -2.43. The topological polar surface area (TPSA) is 66.4 Å². The highest BCUT2D eigenvalue weighted by Gasteiger charge is 2.24. The number of benzene rings is 1. The van der Waals surface area contributed by atoms with Gasteiger partial charge in [0, 0.05) is 12.6 Å². The fourth-order valence-electron chi connectivity index (χ4n) is 2.44. The summed E-state index contributed by atoms with van der Waals surface area (Å²) in [5.41, 5.74) is 1.09. The SMILES string of the molecule is O=S1(=O)CCCC(NCC(O)Cc2ccccc2)C1. The van der Waals surface area contributed by atoms with Crippen molar-refractivity contribution < 1.29 is 13.5 Å². The summed E-state index contributed by atoms with van der Waals surface area (Å²) in [6, 6.07) is 9.79. The Balaban J connectivity index is 1.76. The average Bonchev–Trinajstić information content (AvgIpc) is 2.36. The Morgan fingerprint density at radius 3 is 2.74 bits per heavy atom. The van der Waals surface area contributed by atoms with Crippen LogP contribution in [0.25, 0.3) is 0 Å². The Kier molecular flexibility index (Phi) is 4.96. The maximum atomic E-state index is 11.5. The van der Waals surface area contributed by atoms with Crippen molar-refractivity contribution in [3.05, 3.63) is 35.9 Å². The highest BCUT2D eigenvalue weighted by molar-refractivity contribution is 7.91. The van der Waals surface area contributed by atoms with Gasteiger partial charge in [0.15, 0.2) is 9.84 Å². The number of nitrogens with one attached hydrogen (secondary N) is 1. The molecule has 2 N–H and O–H groups in total. The van der Waals surface area contributed by atoms with E-state index in [1.807, 2.05) is 30.3 Å². The summed E-state index contributed by atoms with van der Waals surface area (Å²) in [7, 11) is -2.88. The molecule has 19 heavy (non-hydrogen) atoms. The summed E-state index contributed by atoms with van der Waals surface area (Å²) in [6.45, 7) is 0.440. The minimum absolute atomic E-state index is 0.0100. The molecule has 2 rings (SSSR count). The Morgan fingerprint density at radius 1 is 1.32 bits per heavy atom. The summed E-state index contributed by atoms with van der Waals surface area (Å²) in [4.78, 5) is 0. The molecule has 5 heteroatoms. The molecule has 1 heterocycles. The van der Waals surface area contributed by atoms with Crippen LogP contribution in [0.4, 0.5) is 0 Å². The Morgan fingerprint density at radius 2 is 2.05 bits per heavy atom. The van der Waals surface area contributed by atoms with E-state index in [-0.39, 0.29) is 11.8 Å². The van der Waals surface area contributed by atoms with Gasteiger partial charge in [0.1, 0.15) is 0 Å². The maximum absolute atomic E-state index is 11.5. The first-order valence-electron chi connectivity index (χ1n) is 6.71.